The summed E-state index contributed by atoms with van der Waals surface area (Å²) in [7, 11) is 1.97. The van der Waals surface area contributed by atoms with Crippen molar-refractivity contribution in [2.24, 2.45) is 7.05 Å². The lowest BCUT2D eigenvalue weighted by molar-refractivity contribution is 0.750. The fraction of sp³-hybridized carbons (Fsp3) is 0.300. The van der Waals surface area contributed by atoms with Crippen molar-refractivity contribution in [3.63, 3.8) is 0 Å². The Kier molecular flexibility index (Phi) is 1.91. The monoisotopic (exact) mass is 238 g/mol. The molecule has 2 aromatic rings. The second-order valence-electron chi connectivity index (χ2n) is 3.28. The van der Waals surface area contributed by atoms with Gasteiger partial charge in [0.05, 0.1) is 5.52 Å². The summed E-state index contributed by atoms with van der Waals surface area (Å²) in [5.41, 5.74) is 3.51. The van der Waals surface area contributed by atoms with Gasteiger partial charge < -0.3 is 0 Å². The Morgan fingerprint density at radius 3 is 2.69 bits per heavy atom. The number of fused-ring (bicyclic) bond motifs is 1. The zero-order valence-corrected chi connectivity index (χ0v) is 9.51. The van der Waals surface area contributed by atoms with Crippen molar-refractivity contribution in [2.45, 2.75) is 13.8 Å². The molecular formula is C10H11BrN2. The maximum atomic E-state index is 4.46. The average Bonchev–Trinajstić information content (AvgIpc) is 2.38. The van der Waals surface area contributed by atoms with E-state index in [0.29, 0.717) is 0 Å². The van der Waals surface area contributed by atoms with Gasteiger partial charge in [0, 0.05) is 22.6 Å². The predicted octanol–water partition coefficient (Wildman–Crippen LogP) is 2.95. The molecule has 1 aromatic heterocycles. The van der Waals surface area contributed by atoms with Crippen molar-refractivity contribution in [2.75, 3.05) is 0 Å². The molecule has 0 N–H and O–H groups in total. The van der Waals surface area contributed by atoms with Crippen molar-refractivity contribution in [3.05, 3.63) is 27.9 Å². The van der Waals surface area contributed by atoms with Crippen molar-refractivity contribution in [1.82, 2.24) is 9.78 Å². The smallest absolute Gasteiger partial charge is 0.0966 e. The van der Waals surface area contributed by atoms with Crippen LogP contribution >= 0.6 is 15.9 Å². The lowest BCUT2D eigenvalue weighted by atomic mass is 10.1. The number of hydrogen-bond acceptors (Lipinski definition) is 1. The van der Waals surface area contributed by atoms with Gasteiger partial charge in [0.25, 0.3) is 0 Å². The van der Waals surface area contributed by atoms with E-state index in [0.717, 1.165) is 9.99 Å². The summed E-state index contributed by atoms with van der Waals surface area (Å²) < 4.78 is 3.04. The topological polar surface area (TPSA) is 17.8 Å². The number of halogens is 1. The first kappa shape index (κ1) is 8.75. The summed E-state index contributed by atoms with van der Waals surface area (Å²) in [5, 5.41) is 5.70. The molecule has 0 spiro atoms. The first-order valence-electron chi connectivity index (χ1n) is 4.19. The Morgan fingerprint density at radius 1 is 1.31 bits per heavy atom. The molecule has 13 heavy (non-hydrogen) atoms. The number of benzene rings is 1. The first-order valence-corrected chi connectivity index (χ1v) is 4.99. The number of nitrogens with zero attached hydrogens (tertiary/aromatic N) is 2. The number of hydrogen-bond donors (Lipinski definition) is 0. The maximum absolute atomic E-state index is 4.46. The number of aryl methyl sites for hydroxylation is 3. The second kappa shape index (κ2) is 2.84. The van der Waals surface area contributed by atoms with Crippen molar-refractivity contribution in [3.8, 4) is 0 Å². The molecule has 2 nitrogen and oxygen atoms in total. The summed E-state index contributed by atoms with van der Waals surface area (Å²) in [5.74, 6) is 0. The highest BCUT2D eigenvalue weighted by atomic mass is 79.9. The standard InChI is InChI=1S/C10H11BrN2/c1-6-9(11)5-4-8-7(2)13(3)12-10(6)8/h4-5H,1-3H3. The van der Waals surface area contributed by atoms with Crippen molar-refractivity contribution >= 4 is 26.8 Å². The minimum Gasteiger partial charge on any atom is -0.272 e. The highest BCUT2D eigenvalue weighted by Crippen LogP contribution is 2.26. The molecule has 0 amide bonds. The van der Waals surface area contributed by atoms with Crippen LogP contribution in [0, 0.1) is 13.8 Å². The van der Waals surface area contributed by atoms with Gasteiger partial charge in [-0.3, -0.25) is 4.68 Å². The van der Waals surface area contributed by atoms with E-state index in [1.807, 2.05) is 11.7 Å². The van der Waals surface area contributed by atoms with Gasteiger partial charge in [0.2, 0.25) is 0 Å². The minimum absolute atomic E-state index is 1.09. The third-order valence-corrected chi connectivity index (χ3v) is 3.35. The molecule has 2 rings (SSSR count). The molecule has 0 unspecified atom stereocenters. The maximum Gasteiger partial charge on any atom is 0.0966 e. The third-order valence-electron chi connectivity index (χ3n) is 2.49. The zero-order chi connectivity index (χ0) is 9.59. The molecule has 0 atom stereocenters. The fourth-order valence-corrected chi connectivity index (χ4v) is 1.82. The molecule has 0 saturated heterocycles. The molecule has 0 radical (unpaired) electrons. The molecule has 3 heteroatoms. The molecular weight excluding hydrogens is 228 g/mol. The predicted molar refractivity (Wildman–Crippen MR) is 57.9 cm³/mol. The van der Waals surface area contributed by atoms with Crippen LogP contribution < -0.4 is 0 Å². The summed E-state index contributed by atoms with van der Waals surface area (Å²) in [6, 6.07) is 4.18. The summed E-state index contributed by atoms with van der Waals surface area (Å²) in [6.45, 7) is 4.17. The zero-order valence-electron chi connectivity index (χ0n) is 7.93. The summed E-state index contributed by atoms with van der Waals surface area (Å²) >= 11 is 3.50. The Morgan fingerprint density at radius 2 is 2.00 bits per heavy atom. The first-order chi connectivity index (χ1) is 6.11. The van der Waals surface area contributed by atoms with Crippen LogP contribution in [0.2, 0.25) is 0 Å². The summed E-state index contributed by atoms with van der Waals surface area (Å²) in [4.78, 5) is 0. The van der Waals surface area contributed by atoms with Crippen LogP contribution in [-0.4, -0.2) is 9.78 Å². The van der Waals surface area contributed by atoms with Crippen LogP contribution in [0.3, 0.4) is 0 Å². The Balaban J connectivity index is 2.94. The molecule has 0 aliphatic carbocycles. The van der Waals surface area contributed by atoms with Gasteiger partial charge in [-0.05, 0) is 31.5 Å². The van der Waals surface area contributed by atoms with Crippen LogP contribution in [0.5, 0.6) is 0 Å². The van der Waals surface area contributed by atoms with Gasteiger partial charge in [-0.15, -0.1) is 0 Å². The normalized spacial score (nSPS) is 11.1. The molecule has 0 aliphatic heterocycles. The van der Waals surface area contributed by atoms with E-state index in [4.69, 9.17) is 0 Å². The molecule has 0 bridgehead atoms. The SMILES string of the molecule is Cc1c(Br)ccc2c(C)n(C)nc12. The Hall–Kier alpha value is -0.830. The van der Waals surface area contributed by atoms with E-state index >= 15 is 0 Å². The van der Waals surface area contributed by atoms with Crippen LogP contribution in [0.4, 0.5) is 0 Å². The number of rotatable bonds is 0. The molecule has 0 aliphatic rings. The van der Waals surface area contributed by atoms with Gasteiger partial charge in [-0.2, -0.15) is 5.10 Å². The van der Waals surface area contributed by atoms with Crippen LogP contribution in [0.15, 0.2) is 16.6 Å². The Bertz CT molecular complexity index is 471. The van der Waals surface area contributed by atoms with Gasteiger partial charge in [-0.25, -0.2) is 0 Å². The second-order valence-corrected chi connectivity index (χ2v) is 4.13. The number of aromatic nitrogens is 2. The average molecular weight is 239 g/mol. The van der Waals surface area contributed by atoms with Crippen LogP contribution in [-0.2, 0) is 7.05 Å². The molecule has 68 valence electrons. The highest BCUT2D eigenvalue weighted by Gasteiger charge is 2.08. The van der Waals surface area contributed by atoms with E-state index in [9.17, 15) is 0 Å². The minimum atomic E-state index is 1.09. The molecule has 1 aromatic carbocycles. The third kappa shape index (κ3) is 1.18. The van der Waals surface area contributed by atoms with E-state index in [1.165, 1.54) is 16.6 Å². The Labute approximate surface area is 85.7 Å². The largest absolute Gasteiger partial charge is 0.272 e. The van der Waals surface area contributed by atoms with Gasteiger partial charge in [-0.1, -0.05) is 15.9 Å². The van der Waals surface area contributed by atoms with Crippen molar-refractivity contribution in [1.29, 1.82) is 0 Å². The molecule has 1 heterocycles. The van der Waals surface area contributed by atoms with Crippen molar-refractivity contribution < 1.29 is 0 Å². The van der Waals surface area contributed by atoms with Crippen LogP contribution in [0.25, 0.3) is 10.9 Å². The summed E-state index contributed by atoms with van der Waals surface area (Å²) in [6.07, 6.45) is 0. The lowest BCUT2D eigenvalue weighted by Gasteiger charge is -1.97. The van der Waals surface area contributed by atoms with Gasteiger partial charge in [0.15, 0.2) is 0 Å². The van der Waals surface area contributed by atoms with Crippen LogP contribution in [0.1, 0.15) is 11.3 Å². The van der Waals surface area contributed by atoms with E-state index < -0.39 is 0 Å². The van der Waals surface area contributed by atoms with Gasteiger partial charge >= 0.3 is 0 Å². The quantitative estimate of drug-likeness (QED) is 0.691. The fourth-order valence-electron chi connectivity index (χ4n) is 1.50. The van der Waals surface area contributed by atoms with E-state index in [2.05, 4.69) is 47.0 Å². The van der Waals surface area contributed by atoms with E-state index in [-0.39, 0.29) is 0 Å². The molecule has 0 fully saturated rings. The highest BCUT2D eigenvalue weighted by molar-refractivity contribution is 9.10. The van der Waals surface area contributed by atoms with Gasteiger partial charge in [0.1, 0.15) is 0 Å². The molecule has 0 saturated carbocycles. The van der Waals surface area contributed by atoms with E-state index in [1.54, 1.807) is 0 Å². The lowest BCUT2D eigenvalue weighted by Crippen LogP contribution is -1.91.